The van der Waals surface area contributed by atoms with E-state index in [1.165, 1.54) is 0 Å². The molecule has 0 saturated carbocycles. The predicted octanol–water partition coefficient (Wildman–Crippen LogP) is 2.57. The molecule has 2 atom stereocenters. The second-order valence-electron chi connectivity index (χ2n) is 7.24. The summed E-state index contributed by atoms with van der Waals surface area (Å²) in [6.07, 6.45) is 0.560. The lowest BCUT2D eigenvalue weighted by atomic mass is 9.82. The Hall–Kier alpha value is -0.150. The van der Waals surface area contributed by atoms with Gasteiger partial charge < -0.3 is 5.73 Å². The number of halogens is 1. The van der Waals surface area contributed by atoms with Crippen molar-refractivity contribution in [3.05, 3.63) is 0 Å². The summed E-state index contributed by atoms with van der Waals surface area (Å²) < 4.78 is 14.4. The van der Waals surface area contributed by atoms with E-state index in [1.54, 1.807) is 0 Å². The van der Waals surface area contributed by atoms with Gasteiger partial charge in [0.2, 0.25) is 0 Å². The molecule has 0 aromatic heterocycles. The maximum Gasteiger partial charge on any atom is 0.137 e. The van der Waals surface area contributed by atoms with Gasteiger partial charge in [0.05, 0.1) is 0 Å². The third kappa shape index (κ3) is 2.75. The molecule has 1 aliphatic heterocycles. The van der Waals surface area contributed by atoms with Crippen molar-refractivity contribution in [3.63, 3.8) is 0 Å². The first-order valence-electron chi connectivity index (χ1n) is 6.15. The van der Waals surface area contributed by atoms with Gasteiger partial charge in [-0.05, 0) is 32.6 Å². The summed E-state index contributed by atoms with van der Waals surface area (Å²) in [6, 6.07) is 0.265. The average Bonchev–Trinajstić information content (AvgIpc) is 2.43. The first-order valence-corrected chi connectivity index (χ1v) is 6.15. The van der Waals surface area contributed by atoms with Crippen LogP contribution in [0.3, 0.4) is 0 Å². The molecule has 1 saturated heterocycles. The van der Waals surface area contributed by atoms with Gasteiger partial charge in [-0.1, -0.05) is 20.8 Å². The zero-order valence-electron chi connectivity index (χ0n) is 11.6. The van der Waals surface area contributed by atoms with Crippen molar-refractivity contribution in [2.24, 2.45) is 11.1 Å². The minimum absolute atomic E-state index is 0.000949. The number of nitrogens with zero attached hydrogens (tertiary/aromatic N) is 1. The van der Waals surface area contributed by atoms with Gasteiger partial charge in [-0.15, -0.1) is 0 Å². The van der Waals surface area contributed by atoms with Gasteiger partial charge in [-0.3, -0.25) is 4.90 Å². The predicted molar refractivity (Wildman–Crippen MR) is 67.2 cm³/mol. The summed E-state index contributed by atoms with van der Waals surface area (Å²) >= 11 is 0. The van der Waals surface area contributed by atoms with Crippen LogP contribution in [0.2, 0.25) is 0 Å². The Morgan fingerprint density at radius 2 is 1.75 bits per heavy atom. The van der Waals surface area contributed by atoms with Crippen LogP contribution in [0.4, 0.5) is 4.39 Å². The molecule has 16 heavy (non-hydrogen) atoms. The number of alkyl halides is 1. The van der Waals surface area contributed by atoms with E-state index in [9.17, 15) is 4.39 Å². The minimum atomic E-state index is -1.20. The largest absolute Gasteiger partial charge is 0.327 e. The topological polar surface area (TPSA) is 29.3 Å². The second-order valence-corrected chi connectivity index (χ2v) is 7.24. The third-order valence-corrected chi connectivity index (χ3v) is 3.62. The molecule has 0 bridgehead atoms. The van der Waals surface area contributed by atoms with Crippen molar-refractivity contribution in [1.29, 1.82) is 0 Å². The molecule has 0 aliphatic carbocycles. The molecular formula is C13H27FN2. The Labute approximate surface area is 99.4 Å². The second kappa shape index (κ2) is 3.95. The normalized spacial score (nSPS) is 33.4. The summed E-state index contributed by atoms with van der Waals surface area (Å²) in [7, 11) is 0. The molecule has 0 spiro atoms. The van der Waals surface area contributed by atoms with Crippen LogP contribution < -0.4 is 5.73 Å². The molecule has 0 aromatic carbocycles. The van der Waals surface area contributed by atoms with Gasteiger partial charge in [0.25, 0.3) is 0 Å². The molecule has 2 N–H and O–H groups in total. The lowest BCUT2D eigenvalue weighted by Crippen LogP contribution is -2.50. The number of likely N-dealkylation sites (tertiary alicyclic amines) is 1. The Morgan fingerprint density at radius 3 is 2.00 bits per heavy atom. The van der Waals surface area contributed by atoms with Crippen molar-refractivity contribution in [2.75, 3.05) is 13.1 Å². The molecule has 0 radical (unpaired) electrons. The van der Waals surface area contributed by atoms with E-state index in [-0.39, 0.29) is 23.5 Å². The summed E-state index contributed by atoms with van der Waals surface area (Å²) in [5.41, 5.74) is 4.47. The van der Waals surface area contributed by atoms with Gasteiger partial charge in [0.1, 0.15) is 5.67 Å². The van der Waals surface area contributed by atoms with Gasteiger partial charge in [0, 0.05) is 24.7 Å². The molecular weight excluding hydrogens is 203 g/mol. The molecule has 1 heterocycles. The summed E-state index contributed by atoms with van der Waals surface area (Å²) in [4.78, 5) is 2.28. The zero-order chi connectivity index (χ0) is 12.8. The molecule has 0 unspecified atom stereocenters. The highest BCUT2D eigenvalue weighted by Crippen LogP contribution is 2.42. The van der Waals surface area contributed by atoms with Crippen LogP contribution in [0.1, 0.15) is 48.0 Å². The Bertz CT molecular complexity index is 228. The highest BCUT2D eigenvalue weighted by atomic mass is 19.1. The van der Waals surface area contributed by atoms with Crippen molar-refractivity contribution < 1.29 is 4.39 Å². The van der Waals surface area contributed by atoms with Crippen LogP contribution in [0, 0.1) is 5.41 Å². The van der Waals surface area contributed by atoms with E-state index >= 15 is 0 Å². The highest BCUT2D eigenvalue weighted by Gasteiger charge is 2.50. The monoisotopic (exact) mass is 230 g/mol. The fraction of sp³-hybridized carbons (Fsp3) is 1.00. The van der Waals surface area contributed by atoms with E-state index in [2.05, 4.69) is 46.4 Å². The Morgan fingerprint density at radius 1 is 1.25 bits per heavy atom. The summed E-state index contributed by atoms with van der Waals surface area (Å²) in [5, 5.41) is 0. The fourth-order valence-electron chi connectivity index (χ4n) is 2.56. The fourth-order valence-corrected chi connectivity index (χ4v) is 2.56. The van der Waals surface area contributed by atoms with Gasteiger partial charge >= 0.3 is 0 Å². The van der Waals surface area contributed by atoms with Crippen molar-refractivity contribution in [3.8, 4) is 0 Å². The Kier molecular flexibility index (Phi) is 3.44. The average molecular weight is 230 g/mol. The standard InChI is InChI=1S/C13H27FN2/c1-11(2,3)10-7-13(14,8-15)9-16(10)12(4,5)6/h10H,7-9,15H2,1-6H3/t10-,13-/m0/s1. The molecule has 1 rings (SSSR count). The molecule has 1 aliphatic rings. The van der Waals surface area contributed by atoms with Crippen LogP contribution in [0.15, 0.2) is 0 Å². The smallest absolute Gasteiger partial charge is 0.137 e. The summed E-state index contributed by atoms with van der Waals surface area (Å²) in [6.45, 7) is 13.6. The Balaban J connectivity index is 2.98. The zero-order valence-corrected chi connectivity index (χ0v) is 11.6. The molecule has 3 heteroatoms. The SMILES string of the molecule is CC(C)(C)[C@@H]1C[C@](F)(CN)CN1C(C)(C)C. The van der Waals surface area contributed by atoms with Crippen LogP contribution in [0.5, 0.6) is 0 Å². The van der Waals surface area contributed by atoms with Gasteiger partial charge in [-0.25, -0.2) is 4.39 Å². The molecule has 96 valence electrons. The van der Waals surface area contributed by atoms with E-state index in [0.717, 1.165) is 0 Å². The first kappa shape index (κ1) is 13.9. The van der Waals surface area contributed by atoms with Crippen molar-refractivity contribution in [1.82, 2.24) is 4.90 Å². The molecule has 1 fully saturated rings. The molecule has 2 nitrogen and oxygen atoms in total. The highest BCUT2D eigenvalue weighted by molar-refractivity contribution is 5.04. The van der Waals surface area contributed by atoms with E-state index in [4.69, 9.17) is 5.73 Å². The van der Waals surface area contributed by atoms with Gasteiger partial charge in [0.15, 0.2) is 0 Å². The van der Waals surface area contributed by atoms with Gasteiger partial charge in [-0.2, -0.15) is 0 Å². The van der Waals surface area contributed by atoms with Crippen molar-refractivity contribution in [2.45, 2.75) is 65.2 Å². The number of rotatable bonds is 1. The maximum absolute atomic E-state index is 14.4. The van der Waals surface area contributed by atoms with E-state index in [1.807, 2.05) is 0 Å². The lowest BCUT2D eigenvalue weighted by molar-refractivity contribution is 0.0540. The number of hydrogen-bond donors (Lipinski definition) is 1. The lowest BCUT2D eigenvalue weighted by Gasteiger charge is -2.42. The molecule has 0 aromatic rings. The number of nitrogens with two attached hydrogens (primary N) is 1. The van der Waals surface area contributed by atoms with Crippen LogP contribution in [0.25, 0.3) is 0 Å². The quantitative estimate of drug-likeness (QED) is 0.750. The minimum Gasteiger partial charge on any atom is -0.327 e. The van der Waals surface area contributed by atoms with Crippen LogP contribution >= 0.6 is 0 Å². The summed E-state index contributed by atoms with van der Waals surface area (Å²) in [5.74, 6) is 0. The van der Waals surface area contributed by atoms with E-state index < -0.39 is 5.67 Å². The van der Waals surface area contributed by atoms with Crippen LogP contribution in [-0.4, -0.2) is 35.2 Å². The number of hydrogen-bond acceptors (Lipinski definition) is 2. The first-order chi connectivity index (χ1) is 6.99. The van der Waals surface area contributed by atoms with Crippen LogP contribution in [-0.2, 0) is 0 Å². The maximum atomic E-state index is 14.4. The third-order valence-electron chi connectivity index (χ3n) is 3.62. The van der Waals surface area contributed by atoms with Crippen molar-refractivity contribution >= 4 is 0 Å². The van der Waals surface area contributed by atoms with E-state index in [0.29, 0.717) is 13.0 Å². The molecule has 0 amide bonds.